The molecule has 1 atom stereocenters. The largest absolute Gasteiger partial charge is 0.493 e. The Morgan fingerprint density at radius 3 is 2.74 bits per heavy atom. The predicted octanol–water partition coefficient (Wildman–Crippen LogP) is 2.46. The maximum absolute atomic E-state index is 6.11. The average Bonchev–Trinajstić information content (AvgIpc) is 3.13. The van der Waals surface area contributed by atoms with Crippen molar-refractivity contribution in [3.63, 3.8) is 0 Å². The van der Waals surface area contributed by atoms with E-state index in [1.54, 1.807) is 7.05 Å². The Kier molecular flexibility index (Phi) is 8.38. The molecule has 1 heterocycles. The van der Waals surface area contributed by atoms with Crippen LogP contribution in [0.4, 0.5) is 0 Å². The van der Waals surface area contributed by atoms with Gasteiger partial charge >= 0.3 is 0 Å². The lowest BCUT2D eigenvalue weighted by Gasteiger charge is -2.21. The molecule has 0 spiro atoms. The van der Waals surface area contributed by atoms with Gasteiger partial charge in [-0.25, -0.2) is 0 Å². The number of guanidine groups is 1. The highest BCUT2D eigenvalue weighted by Gasteiger charge is 2.17. The molecule has 1 fully saturated rings. The van der Waals surface area contributed by atoms with E-state index in [4.69, 9.17) is 9.47 Å². The van der Waals surface area contributed by atoms with Crippen molar-refractivity contribution in [1.29, 1.82) is 0 Å². The van der Waals surface area contributed by atoms with Crippen molar-refractivity contribution < 1.29 is 9.47 Å². The molecule has 152 valence electrons. The lowest BCUT2D eigenvalue weighted by Crippen LogP contribution is -2.44. The first kappa shape index (κ1) is 21.5. The molecule has 1 unspecified atom stereocenters. The van der Waals surface area contributed by atoms with Crippen LogP contribution in [0.25, 0.3) is 0 Å². The summed E-state index contributed by atoms with van der Waals surface area (Å²) in [6.45, 7) is 13.3. The molecule has 0 aromatic heterocycles. The van der Waals surface area contributed by atoms with Crippen molar-refractivity contribution in [1.82, 2.24) is 16.0 Å². The first-order valence-corrected chi connectivity index (χ1v) is 9.87. The zero-order chi connectivity index (χ0) is 19.7. The van der Waals surface area contributed by atoms with Gasteiger partial charge in [-0.15, -0.1) is 0 Å². The van der Waals surface area contributed by atoms with E-state index >= 15 is 0 Å². The summed E-state index contributed by atoms with van der Waals surface area (Å²) in [6.07, 6.45) is 1.08. The molecular weight excluding hydrogens is 340 g/mol. The summed E-state index contributed by atoms with van der Waals surface area (Å²) in [5, 5.41) is 10.2. The molecular formula is C21H36N4O2. The third-order valence-corrected chi connectivity index (χ3v) is 4.46. The molecule has 0 radical (unpaired) electrons. The van der Waals surface area contributed by atoms with Gasteiger partial charge in [0.15, 0.2) is 5.96 Å². The van der Waals surface area contributed by atoms with E-state index in [2.05, 4.69) is 66.8 Å². The highest BCUT2D eigenvalue weighted by atomic mass is 16.5. The van der Waals surface area contributed by atoms with Crippen molar-refractivity contribution in [2.45, 2.75) is 46.2 Å². The molecule has 6 heteroatoms. The summed E-state index contributed by atoms with van der Waals surface area (Å²) in [6, 6.07) is 6.35. The minimum Gasteiger partial charge on any atom is -0.493 e. The van der Waals surface area contributed by atoms with E-state index in [0.29, 0.717) is 19.1 Å². The van der Waals surface area contributed by atoms with Gasteiger partial charge in [0.2, 0.25) is 0 Å². The van der Waals surface area contributed by atoms with Crippen LogP contribution in [0.3, 0.4) is 0 Å². The van der Waals surface area contributed by atoms with E-state index in [-0.39, 0.29) is 5.54 Å². The van der Waals surface area contributed by atoms with Gasteiger partial charge in [0.25, 0.3) is 0 Å². The van der Waals surface area contributed by atoms with Crippen LogP contribution in [0.1, 0.15) is 38.3 Å². The third-order valence-electron chi connectivity index (χ3n) is 4.46. The minimum absolute atomic E-state index is 0.122. The smallest absolute Gasteiger partial charge is 0.191 e. The van der Waals surface area contributed by atoms with Gasteiger partial charge in [-0.1, -0.05) is 12.1 Å². The molecule has 2 rings (SSSR count). The Labute approximate surface area is 164 Å². The van der Waals surface area contributed by atoms with Gasteiger partial charge in [0, 0.05) is 50.3 Å². The van der Waals surface area contributed by atoms with Gasteiger partial charge in [0.1, 0.15) is 5.75 Å². The Morgan fingerprint density at radius 2 is 2.07 bits per heavy atom. The number of ether oxygens (including phenoxy) is 2. The van der Waals surface area contributed by atoms with Crippen LogP contribution in [0.15, 0.2) is 23.2 Å². The summed E-state index contributed by atoms with van der Waals surface area (Å²) in [7, 11) is 1.79. The summed E-state index contributed by atoms with van der Waals surface area (Å²) in [5.41, 5.74) is 2.46. The molecule has 0 saturated carbocycles. The number of benzene rings is 1. The second-order valence-corrected chi connectivity index (χ2v) is 8.18. The maximum Gasteiger partial charge on any atom is 0.191 e. The number of nitrogens with one attached hydrogen (secondary N) is 3. The second-order valence-electron chi connectivity index (χ2n) is 8.18. The zero-order valence-corrected chi connectivity index (χ0v) is 17.5. The Balaban J connectivity index is 1.83. The van der Waals surface area contributed by atoms with Gasteiger partial charge in [-0.05, 0) is 45.7 Å². The van der Waals surface area contributed by atoms with Crippen LogP contribution in [0.2, 0.25) is 0 Å². The second kappa shape index (κ2) is 10.5. The molecule has 0 amide bonds. The number of nitrogens with zero attached hydrogens (tertiary/aromatic N) is 1. The summed E-state index contributed by atoms with van der Waals surface area (Å²) in [5.74, 6) is 2.23. The van der Waals surface area contributed by atoms with E-state index in [9.17, 15) is 0 Å². The number of hydrogen-bond acceptors (Lipinski definition) is 4. The highest BCUT2D eigenvalue weighted by molar-refractivity contribution is 5.79. The summed E-state index contributed by atoms with van der Waals surface area (Å²) >= 11 is 0. The Hall–Kier alpha value is -1.79. The lowest BCUT2D eigenvalue weighted by atomic mass is 10.1. The fourth-order valence-corrected chi connectivity index (χ4v) is 2.88. The Morgan fingerprint density at radius 1 is 1.26 bits per heavy atom. The molecule has 1 aliphatic heterocycles. The normalized spacial score (nSPS) is 17.8. The molecule has 1 saturated heterocycles. The minimum atomic E-state index is 0.122. The molecule has 3 N–H and O–H groups in total. The fourth-order valence-electron chi connectivity index (χ4n) is 2.88. The molecule has 1 aliphatic rings. The van der Waals surface area contributed by atoms with Crippen LogP contribution in [-0.4, -0.2) is 51.5 Å². The van der Waals surface area contributed by atoms with Crippen LogP contribution in [0.5, 0.6) is 5.75 Å². The molecule has 27 heavy (non-hydrogen) atoms. The topological polar surface area (TPSA) is 66.9 Å². The Bertz CT molecular complexity index is 605. The predicted molar refractivity (Wildman–Crippen MR) is 112 cm³/mol. The van der Waals surface area contributed by atoms with Crippen LogP contribution in [-0.2, 0) is 11.3 Å². The monoisotopic (exact) mass is 376 g/mol. The van der Waals surface area contributed by atoms with Gasteiger partial charge in [-0.2, -0.15) is 0 Å². The molecule has 1 aromatic rings. The van der Waals surface area contributed by atoms with Crippen molar-refractivity contribution in [2.75, 3.05) is 40.0 Å². The summed E-state index contributed by atoms with van der Waals surface area (Å²) in [4.78, 5) is 4.30. The van der Waals surface area contributed by atoms with Crippen molar-refractivity contribution >= 4 is 5.96 Å². The van der Waals surface area contributed by atoms with E-state index in [0.717, 1.165) is 50.0 Å². The van der Waals surface area contributed by atoms with Crippen LogP contribution < -0.4 is 20.7 Å². The highest BCUT2D eigenvalue weighted by Crippen LogP contribution is 2.22. The summed E-state index contributed by atoms with van der Waals surface area (Å²) < 4.78 is 11.6. The SMILES string of the molecule is CN=C(NCCNC(C)(C)C)NCc1ccc(C)cc1OCC1CCOC1. The van der Waals surface area contributed by atoms with E-state index in [1.807, 2.05) is 0 Å². The van der Waals surface area contributed by atoms with Crippen molar-refractivity contribution in [3.05, 3.63) is 29.3 Å². The molecule has 0 bridgehead atoms. The molecule has 6 nitrogen and oxygen atoms in total. The number of hydrogen-bond donors (Lipinski definition) is 3. The van der Waals surface area contributed by atoms with Crippen LogP contribution in [0, 0.1) is 12.8 Å². The average molecular weight is 377 g/mol. The van der Waals surface area contributed by atoms with E-state index in [1.165, 1.54) is 5.56 Å². The first-order valence-electron chi connectivity index (χ1n) is 9.87. The van der Waals surface area contributed by atoms with Gasteiger partial charge in [0.05, 0.1) is 13.2 Å². The number of rotatable bonds is 8. The van der Waals surface area contributed by atoms with Crippen molar-refractivity contribution in [3.8, 4) is 5.75 Å². The molecule has 1 aromatic carbocycles. The quantitative estimate of drug-likeness (QED) is 0.369. The zero-order valence-electron chi connectivity index (χ0n) is 17.5. The maximum atomic E-state index is 6.11. The van der Waals surface area contributed by atoms with Crippen molar-refractivity contribution in [2.24, 2.45) is 10.9 Å². The standard InChI is InChI=1S/C21H36N4O2/c1-16-6-7-18(19(12-16)27-15-17-8-11-26-14-17)13-24-20(22-5)23-9-10-25-21(2,3)4/h6-7,12,17,25H,8-11,13-15H2,1-5H3,(H2,22,23,24). The van der Waals surface area contributed by atoms with Gasteiger partial charge in [-0.3, -0.25) is 4.99 Å². The first-order chi connectivity index (χ1) is 12.9. The van der Waals surface area contributed by atoms with E-state index < -0.39 is 0 Å². The number of aryl methyl sites for hydroxylation is 1. The lowest BCUT2D eigenvalue weighted by molar-refractivity contribution is 0.166. The third kappa shape index (κ3) is 8.18. The van der Waals surface area contributed by atoms with Crippen LogP contribution >= 0.6 is 0 Å². The fraction of sp³-hybridized carbons (Fsp3) is 0.667. The number of aliphatic imine (C=N–C) groups is 1. The van der Waals surface area contributed by atoms with Gasteiger partial charge < -0.3 is 25.4 Å². The molecule has 0 aliphatic carbocycles.